The molecule has 2 N–H and O–H groups in total. The van der Waals surface area contributed by atoms with Gasteiger partial charge >= 0.3 is 0 Å². The molecule has 0 saturated carbocycles. The Labute approximate surface area is 143 Å². The van der Waals surface area contributed by atoms with Crippen molar-refractivity contribution in [2.24, 2.45) is 0 Å². The van der Waals surface area contributed by atoms with Gasteiger partial charge in [0.15, 0.2) is 0 Å². The van der Waals surface area contributed by atoms with Gasteiger partial charge in [-0.25, -0.2) is 0 Å². The third kappa shape index (κ3) is 4.44. The van der Waals surface area contributed by atoms with Crippen molar-refractivity contribution in [2.45, 2.75) is 33.1 Å². The fraction of sp³-hybridized carbons (Fsp3) is 0.300. The van der Waals surface area contributed by atoms with Crippen molar-refractivity contribution in [1.29, 1.82) is 0 Å². The summed E-state index contributed by atoms with van der Waals surface area (Å²) >= 11 is 0. The minimum atomic E-state index is -0.243. The predicted octanol–water partition coefficient (Wildman–Crippen LogP) is 3.66. The van der Waals surface area contributed by atoms with E-state index in [1.54, 1.807) is 6.07 Å². The van der Waals surface area contributed by atoms with E-state index in [2.05, 4.69) is 31.4 Å². The lowest BCUT2D eigenvalue weighted by Gasteiger charge is -2.23. The third-order valence-corrected chi connectivity index (χ3v) is 3.81. The molecule has 0 bridgehead atoms. The molecule has 4 nitrogen and oxygen atoms in total. The van der Waals surface area contributed by atoms with Crippen LogP contribution in [0.2, 0.25) is 0 Å². The lowest BCUT2D eigenvalue weighted by Crippen LogP contribution is -2.33. The van der Waals surface area contributed by atoms with Gasteiger partial charge in [0.2, 0.25) is 5.91 Å². The maximum atomic E-state index is 12.2. The molecule has 2 aromatic carbocycles. The Kier molecular flexibility index (Phi) is 5.39. The van der Waals surface area contributed by atoms with Gasteiger partial charge in [-0.2, -0.15) is 0 Å². The molecule has 0 saturated heterocycles. The van der Waals surface area contributed by atoms with E-state index < -0.39 is 0 Å². The SMILES string of the molecule is Cc1ccccc1C(=O)NCC(=O)Nc1ccccc1C(C)(C)C. The van der Waals surface area contributed by atoms with Crippen LogP contribution in [-0.2, 0) is 10.2 Å². The van der Waals surface area contributed by atoms with Gasteiger partial charge in [-0.15, -0.1) is 0 Å². The standard InChI is InChI=1S/C20H24N2O2/c1-14-9-5-6-10-15(14)19(24)21-13-18(23)22-17-12-8-7-11-16(17)20(2,3)4/h5-12H,13H2,1-4H3,(H,21,24)(H,22,23). The fourth-order valence-corrected chi connectivity index (χ4v) is 2.52. The summed E-state index contributed by atoms with van der Waals surface area (Å²) < 4.78 is 0. The predicted molar refractivity (Wildman–Crippen MR) is 97.3 cm³/mol. The second-order valence-corrected chi connectivity index (χ2v) is 6.84. The Morgan fingerprint density at radius 3 is 2.25 bits per heavy atom. The zero-order chi connectivity index (χ0) is 17.7. The summed E-state index contributed by atoms with van der Waals surface area (Å²) in [4.78, 5) is 24.3. The van der Waals surface area contributed by atoms with Gasteiger partial charge in [0.1, 0.15) is 0 Å². The maximum absolute atomic E-state index is 12.2. The van der Waals surface area contributed by atoms with Gasteiger partial charge in [-0.05, 0) is 35.6 Å². The molecule has 126 valence electrons. The van der Waals surface area contributed by atoms with Crippen LogP contribution in [0.25, 0.3) is 0 Å². The van der Waals surface area contributed by atoms with Gasteiger partial charge in [0.25, 0.3) is 5.91 Å². The van der Waals surface area contributed by atoms with Crippen LogP contribution < -0.4 is 10.6 Å². The maximum Gasteiger partial charge on any atom is 0.251 e. The summed E-state index contributed by atoms with van der Waals surface area (Å²) in [7, 11) is 0. The smallest absolute Gasteiger partial charge is 0.251 e. The average Bonchev–Trinajstić information content (AvgIpc) is 2.52. The molecule has 2 aromatic rings. The fourth-order valence-electron chi connectivity index (χ4n) is 2.52. The van der Waals surface area contributed by atoms with Crippen molar-refractivity contribution in [1.82, 2.24) is 5.32 Å². The number of anilines is 1. The van der Waals surface area contributed by atoms with Crippen molar-refractivity contribution in [3.63, 3.8) is 0 Å². The first-order valence-corrected chi connectivity index (χ1v) is 8.02. The van der Waals surface area contributed by atoms with Crippen LogP contribution in [0.3, 0.4) is 0 Å². The highest BCUT2D eigenvalue weighted by atomic mass is 16.2. The Bertz CT molecular complexity index is 745. The average molecular weight is 324 g/mol. The van der Waals surface area contributed by atoms with Gasteiger partial charge in [-0.3, -0.25) is 9.59 Å². The van der Waals surface area contributed by atoms with Crippen LogP contribution in [-0.4, -0.2) is 18.4 Å². The van der Waals surface area contributed by atoms with Crippen LogP contribution in [0.1, 0.15) is 42.3 Å². The molecule has 0 aromatic heterocycles. The second kappa shape index (κ2) is 7.30. The van der Waals surface area contributed by atoms with E-state index >= 15 is 0 Å². The quantitative estimate of drug-likeness (QED) is 0.901. The summed E-state index contributed by atoms with van der Waals surface area (Å²) in [6.07, 6.45) is 0. The van der Waals surface area contributed by atoms with E-state index in [4.69, 9.17) is 0 Å². The number of carbonyl (C=O) groups excluding carboxylic acids is 2. The van der Waals surface area contributed by atoms with Gasteiger partial charge in [0.05, 0.1) is 6.54 Å². The van der Waals surface area contributed by atoms with Crippen LogP contribution in [0.15, 0.2) is 48.5 Å². The Balaban J connectivity index is 2.00. The molecular weight excluding hydrogens is 300 g/mol. The molecule has 0 spiro atoms. The molecule has 24 heavy (non-hydrogen) atoms. The second-order valence-electron chi connectivity index (χ2n) is 6.84. The topological polar surface area (TPSA) is 58.2 Å². The molecule has 0 fully saturated rings. The van der Waals surface area contributed by atoms with Crippen LogP contribution in [0.5, 0.6) is 0 Å². The van der Waals surface area contributed by atoms with Crippen molar-refractivity contribution in [2.75, 3.05) is 11.9 Å². The highest BCUT2D eigenvalue weighted by molar-refractivity contribution is 6.00. The summed E-state index contributed by atoms with van der Waals surface area (Å²) in [5, 5.41) is 5.55. The molecule has 4 heteroatoms. The zero-order valence-corrected chi connectivity index (χ0v) is 14.6. The largest absolute Gasteiger partial charge is 0.343 e. The summed E-state index contributed by atoms with van der Waals surface area (Å²) in [5.41, 5.74) is 3.23. The number of benzene rings is 2. The molecule has 2 rings (SSSR count). The van der Waals surface area contributed by atoms with Gasteiger partial charge < -0.3 is 10.6 Å². The molecule has 0 aliphatic heterocycles. The first kappa shape index (κ1) is 17.7. The number of nitrogens with one attached hydrogen (secondary N) is 2. The van der Waals surface area contributed by atoms with Gasteiger partial charge in [-0.1, -0.05) is 57.2 Å². The lowest BCUT2D eigenvalue weighted by molar-refractivity contribution is -0.115. The molecule has 0 aliphatic rings. The molecular formula is C20H24N2O2. The minimum absolute atomic E-state index is 0.0638. The number of hydrogen-bond donors (Lipinski definition) is 2. The highest BCUT2D eigenvalue weighted by Gasteiger charge is 2.18. The number of hydrogen-bond acceptors (Lipinski definition) is 2. The highest BCUT2D eigenvalue weighted by Crippen LogP contribution is 2.29. The molecule has 0 heterocycles. The van der Waals surface area contributed by atoms with Crippen molar-refractivity contribution >= 4 is 17.5 Å². The van der Waals surface area contributed by atoms with Crippen molar-refractivity contribution < 1.29 is 9.59 Å². The molecule has 0 aliphatic carbocycles. The van der Waals surface area contributed by atoms with Crippen molar-refractivity contribution in [3.05, 3.63) is 65.2 Å². The summed E-state index contributed by atoms with van der Waals surface area (Å²) in [6.45, 7) is 8.09. The summed E-state index contributed by atoms with van der Waals surface area (Å²) in [6, 6.07) is 15.0. The first-order valence-electron chi connectivity index (χ1n) is 8.02. The Morgan fingerprint density at radius 1 is 0.958 bits per heavy atom. The number of aryl methyl sites for hydroxylation is 1. The minimum Gasteiger partial charge on any atom is -0.343 e. The Hall–Kier alpha value is -2.62. The van der Waals surface area contributed by atoms with E-state index in [9.17, 15) is 9.59 Å². The molecule has 0 radical (unpaired) electrons. The molecule has 2 amide bonds. The zero-order valence-electron chi connectivity index (χ0n) is 14.6. The van der Waals surface area contributed by atoms with Crippen molar-refractivity contribution in [3.8, 4) is 0 Å². The number of amides is 2. The summed E-state index contributed by atoms with van der Waals surface area (Å²) in [5.74, 6) is -0.485. The number of para-hydroxylation sites is 1. The van der Waals surface area contributed by atoms with Crippen LogP contribution in [0, 0.1) is 6.92 Å². The third-order valence-electron chi connectivity index (χ3n) is 3.81. The van der Waals surface area contributed by atoms with Crippen LogP contribution >= 0.6 is 0 Å². The van der Waals surface area contributed by atoms with E-state index in [0.717, 1.165) is 16.8 Å². The number of rotatable bonds is 4. The van der Waals surface area contributed by atoms with E-state index in [1.807, 2.05) is 49.4 Å². The van der Waals surface area contributed by atoms with E-state index in [-0.39, 0.29) is 23.8 Å². The monoisotopic (exact) mass is 324 g/mol. The van der Waals surface area contributed by atoms with Crippen LogP contribution in [0.4, 0.5) is 5.69 Å². The number of carbonyl (C=O) groups is 2. The van der Waals surface area contributed by atoms with E-state index in [0.29, 0.717) is 5.56 Å². The van der Waals surface area contributed by atoms with Gasteiger partial charge in [0, 0.05) is 11.3 Å². The lowest BCUT2D eigenvalue weighted by atomic mass is 9.86. The first-order chi connectivity index (χ1) is 11.3. The Morgan fingerprint density at radius 2 is 1.58 bits per heavy atom. The normalized spacial score (nSPS) is 11.0. The molecule has 0 atom stereocenters. The molecule has 0 unspecified atom stereocenters. The van der Waals surface area contributed by atoms with E-state index in [1.165, 1.54) is 0 Å².